The van der Waals surface area contributed by atoms with E-state index in [2.05, 4.69) is 0 Å². The number of phosphoric acid groups is 1. The van der Waals surface area contributed by atoms with Gasteiger partial charge >= 0.3 is 17.1 Å². The molecule has 5 nitrogen and oxygen atoms in total. The molecule has 0 amide bonds. The first-order chi connectivity index (χ1) is 2.00. The molecule has 0 aliphatic rings. The standard InChI is InChI=1S/Mn.H3O4P.H2O/c;1-5(2,3)4;/h;(H3,1,2,3,4);1H2/q+2;;/p-3. The molecule has 0 heterocycles. The Hall–Kier alpha value is 0.589. The summed E-state index contributed by atoms with van der Waals surface area (Å²) in [5, 5.41) is 0. The van der Waals surface area contributed by atoms with E-state index in [-0.39, 0.29) is 22.5 Å². The van der Waals surface area contributed by atoms with Crippen LogP contribution in [0.4, 0.5) is 0 Å². The molecule has 0 aliphatic carbocycles. The molecule has 0 saturated heterocycles. The van der Waals surface area contributed by atoms with Crippen molar-refractivity contribution in [1.29, 1.82) is 0 Å². The van der Waals surface area contributed by atoms with Gasteiger partial charge in [0.05, 0.1) is 0 Å². The maximum atomic E-state index is 8.55. The molecule has 0 aromatic heterocycles. The Morgan fingerprint density at radius 3 is 1.14 bits per heavy atom. The number of hydrogen-bond acceptors (Lipinski definition) is 4. The van der Waals surface area contributed by atoms with Crippen LogP contribution in [0.3, 0.4) is 0 Å². The Balaban J connectivity index is -0.0000000800. The predicted molar refractivity (Wildman–Crippen MR) is 11.2 cm³/mol. The summed E-state index contributed by atoms with van der Waals surface area (Å²) in [7, 11) is -5.39. The van der Waals surface area contributed by atoms with Gasteiger partial charge in [0, 0.05) is 0 Å². The molecule has 0 atom stereocenters. The maximum Gasteiger partial charge on any atom is 2.00 e. The summed E-state index contributed by atoms with van der Waals surface area (Å²) in [6, 6.07) is 0. The first-order valence-corrected chi connectivity index (χ1v) is 2.19. The smallest absolute Gasteiger partial charge is 0.822 e. The monoisotopic (exact) mass is 168 g/mol. The van der Waals surface area contributed by atoms with Crippen LogP contribution in [0.15, 0.2) is 0 Å². The minimum Gasteiger partial charge on any atom is -0.822 e. The van der Waals surface area contributed by atoms with Crippen LogP contribution >= 0.6 is 7.82 Å². The fourth-order valence-corrected chi connectivity index (χ4v) is 0. The molecule has 0 spiro atoms. The van der Waals surface area contributed by atoms with Crippen LogP contribution in [0.1, 0.15) is 0 Å². The third-order valence-corrected chi connectivity index (χ3v) is 0. The molecular formula is H2MnO5P-. The van der Waals surface area contributed by atoms with Gasteiger partial charge in [-0.2, -0.15) is 7.82 Å². The topological polar surface area (TPSA) is 118 Å². The van der Waals surface area contributed by atoms with E-state index in [0.29, 0.717) is 0 Å². The van der Waals surface area contributed by atoms with Crippen molar-refractivity contribution in [3.8, 4) is 0 Å². The number of rotatable bonds is 0. The average Bonchev–Trinajstić information content (AvgIpc) is 0.722. The summed E-state index contributed by atoms with van der Waals surface area (Å²) >= 11 is 0. The van der Waals surface area contributed by atoms with Gasteiger partial charge in [-0.1, -0.05) is 0 Å². The van der Waals surface area contributed by atoms with E-state index < -0.39 is 7.82 Å². The van der Waals surface area contributed by atoms with Gasteiger partial charge in [-0.3, -0.25) is 0 Å². The second kappa shape index (κ2) is 4.74. The van der Waals surface area contributed by atoms with E-state index in [9.17, 15) is 0 Å². The molecule has 0 aromatic carbocycles. The molecule has 0 aromatic rings. The van der Waals surface area contributed by atoms with Gasteiger partial charge in [-0.05, 0) is 0 Å². The van der Waals surface area contributed by atoms with Crippen molar-refractivity contribution in [1.82, 2.24) is 0 Å². The summed E-state index contributed by atoms with van der Waals surface area (Å²) in [6.07, 6.45) is 0. The summed E-state index contributed by atoms with van der Waals surface area (Å²) in [5.41, 5.74) is 0. The Kier molecular flexibility index (Phi) is 10.6. The van der Waals surface area contributed by atoms with Gasteiger partial charge in [0.2, 0.25) is 0 Å². The van der Waals surface area contributed by atoms with Gasteiger partial charge in [0.15, 0.2) is 0 Å². The normalized spacial score (nSPS) is 8.43. The van der Waals surface area contributed by atoms with Crippen molar-refractivity contribution < 1.29 is 41.8 Å². The summed E-state index contributed by atoms with van der Waals surface area (Å²) in [6.45, 7) is 0. The maximum absolute atomic E-state index is 8.55. The van der Waals surface area contributed by atoms with Gasteiger partial charge in [-0.25, -0.2) is 0 Å². The van der Waals surface area contributed by atoms with Gasteiger partial charge < -0.3 is 24.7 Å². The van der Waals surface area contributed by atoms with Crippen LogP contribution in [0.5, 0.6) is 0 Å². The second-order valence-corrected chi connectivity index (χ2v) is 1.34. The summed E-state index contributed by atoms with van der Waals surface area (Å²) < 4.78 is 8.55. The van der Waals surface area contributed by atoms with Crippen LogP contribution < -0.4 is 14.7 Å². The first kappa shape index (κ1) is 15.6. The van der Waals surface area contributed by atoms with Gasteiger partial charge in [0.1, 0.15) is 0 Å². The molecule has 0 rings (SSSR count). The molecular weight excluding hydrogens is 166 g/mol. The summed E-state index contributed by atoms with van der Waals surface area (Å²) in [4.78, 5) is 25.6. The van der Waals surface area contributed by atoms with Crippen molar-refractivity contribution in [2.45, 2.75) is 0 Å². The SMILES string of the molecule is O.O=P([O-])([O-])[O-].[Mn+2]. The van der Waals surface area contributed by atoms with Crippen LogP contribution in [0.25, 0.3) is 0 Å². The fourth-order valence-electron chi connectivity index (χ4n) is 0. The quantitative estimate of drug-likeness (QED) is 0.273. The molecule has 0 fully saturated rings. The first-order valence-electron chi connectivity index (χ1n) is 0.730. The van der Waals surface area contributed by atoms with E-state index in [4.69, 9.17) is 19.2 Å². The van der Waals surface area contributed by atoms with E-state index in [0.717, 1.165) is 0 Å². The second-order valence-electron chi connectivity index (χ2n) is 0.447. The zero-order valence-electron chi connectivity index (χ0n) is 2.96. The van der Waals surface area contributed by atoms with Crippen LogP contribution in [-0.2, 0) is 21.6 Å². The van der Waals surface area contributed by atoms with Gasteiger partial charge in [0.25, 0.3) is 0 Å². The fraction of sp³-hybridized carbons (Fsp3) is 0. The predicted octanol–water partition coefficient (Wildman–Crippen LogP) is -3.65. The van der Waals surface area contributed by atoms with Crippen LogP contribution in [0.2, 0.25) is 0 Å². The third-order valence-electron chi connectivity index (χ3n) is 0. The molecule has 1 radical (unpaired) electrons. The van der Waals surface area contributed by atoms with Crippen LogP contribution in [0, 0.1) is 0 Å². The van der Waals surface area contributed by atoms with Crippen molar-refractivity contribution in [2.24, 2.45) is 0 Å². The van der Waals surface area contributed by atoms with Crippen molar-refractivity contribution in [3.05, 3.63) is 0 Å². The van der Waals surface area contributed by atoms with Gasteiger partial charge in [-0.15, -0.1) is 0 Å². The van der Waals surface area contributed by atoms with Crippen molar-refractivity contribution in [2.75, 3.05) is 0 Å². The number of hydrogen-bond donors (Lipinski definition) is 0. The average molecular weight is 168 g/mol. The van der Waals surface area contributed by atoms with Crippen molar-refractivity contribution in [3.63, 3.8) is 0 Å². The Morgan fingerprint density at radius 2 is 1.14 bits per heavy atom. The largest absolute Gasteiger partial charge is 2.00 e. The molecule has 0 unspecified atom stereocenters. The van der Waals surface area contributed by atoms with Crippen molar-refractivity contribution >= 4 is 7.82 Å². The van der Waals surface area contributed by atoms with Crippen LogP contribution in [-0.4, -0.2) is 5.48 Å². The summed E-state index contributed by atoms with van der Waals surface area (Å²) in [5.74, 6) is 0. The molecule has 0 aliphatic heterocycles. The van der Waals surface area contributed by atoms with E-state index in [1.165, 1.54) is 0 Å². The minimum absolute atomic E-state index is 0. The molecule has 0 bridgehead atoms. The van der Waals surface area contributed by atoms with E-state index in [1.807, 2.05) is 0 Å². The molecule has 45 valence electrons. The molecule has 2 N–H and O–H groups in total. The molecule has 7 heteroatoms. The Bertz CT molecular complexity index is 54.2. The zero-order chi connectivity index (χ0) is 4.50. The molecule has 0 saturated carbocycles. The third kappa shape index (κ3) is 399. The zero-order valence-corrected chi connectivity index (χ0v) is 5.03. The Morgan fingerprint density at radius 1 is 1.14 bits per heavy atom. The van der Waals surface area contributed by atoms with E-state index in [1.54, 1.807) is 0 Å². The van der Waals surface area contributed by atoms with E-state index >= 15 is 0 Å². The minimum atomic E-state index is -5.39. The Labute approximate surface area is 50.4 Å². The molecule has 7 heavy (non-hydrogen) atoms.